The number of ether oxygens (including phenoxy) is 4. The number of halogens is 4. The molecule has 0 bridgehead atoms. The number of benzene rings is 4. The first-order valence-corrected chi connectivity index (χ1v) is 39.0. The van der Waals surface area contributed by atoms with Crippen molar-refractivity contribution in [1.82, 2.24) is 36.1 Å². The molecule has 584 valence electrons. The van der Waals surface area contributed by atoms with Crippen LogP contribution in [0.3, 0.4) is 0 Å². The van der Waals surface area contributed by atoms with Crippen LogP contribution in [0, 0.1) is 34.6 Å². The molecule has 10 rings (SSSR count). The average Bonchev–Trinajstić information content (AvgIpc) is 0.997. The number of fused-ring (bicyclic) bond motifs is 2. The molecule has 0 atom stereocenters. The maximum Gasteiger partial charge on any atom is 0.339 e. The van der Waals surface area contributed by atoms with Crippen LogP contribution in [0.2, 0.25) is 5.15 Å². The second-order valence-corrected chi connectivity index (χ2v) is 33.7. The van der Waals surface area contributed by atoms with E-state index in [1.165, 1.54) is 35.8 Å². The molecule has 106 heavy (non-hydrogen) atoms. The standard InChI is InChI=1S/C17H17ClN2OS.C17H18N2O2S.C17H19NO4S.C10H12O3.C8H11NOS.C2H4O2.5CH4.Cl3OP.H3N/c1-9(2)14-8-22-17(20-14)13-7-12-10(3)15(21-4)6-5-11(12)16(18)19-13;1-9(2)14-8-22-17(19-14)13-7-12-10(3)15(21-4)6-5-11(12)16(20)18-13;1-9(2)13-8-23-16(18-13)14(19)7-12-10(3)15(22-4)6-5-11(12)17(20)21;1-6-7(2)9(13-3)5-4-8(6)10(11)12;1-5(2)7-4-11-8(9-7)6(3)10;1-2(3)4;;;;;;1-5(2,3)4;/h5-9H,1-4H3;5-9H,1-4H3,(H,18,20);5-6,8-9H,7H2,1-4H3,(H,20,21);4-5H,1-3H3,(H,11,12);4-5H,1-3H3;1H3,(H,3,4);5*1H4;;1H3. The molecule has 4 aromatic carbocycles. The maximum atomic E-state index is 12.5. The summed E-state index contributed by atoms with van der Waals surface area (Å²) in [6.07, 6.45) is -0.00425. The number of Topliss-reactive ketones (excluding diaryl/α,β-unsaturated/α-hetero) is 2. The zero-order valence-electron chi connectivity index (χ0n) is 59.5. The van der Waals surface area contributed by atoms with Crippen LogP contribution in [-0.2, 0) is 15.8 Å². The molecule has 0 saturated carbocycles. The molecule has 0 radical (unpaired) electrons. The number of rotatable bonds is 16. The van der Waals surface area contributed by atoms with Crippen LogP contribution in [0.15, 0.2) is 87.0 Å². The van der Waals surface area contributed by atoms with Gasteiger partial charge in [0.1, 0.15) is 43.9 Å². The van der Waals surface area contributed by atoms with Crippen molar-refractivity contribution in [2.24, 2.45) is 0 Å². The van der Waals surface area contributed by atoms with Crippen LogP contribution >= 0.6 is 95.9 Å². The van der Waals surface area contributed by atoms with Crippen LogP contribution in [0.1, 0.15) is 227 Å². The summed E-state index contributed by atoms with van der Waals surface area (Å²) in [6, 6.07) is 17.8. The number of hydrogen-bond acceptors (Lipinski definition) is 21. The topological polar surface area (TPSA) is 332 Å². The first kappa shape index (κ1) is 102. The number of ketones is 2. The van der Waals surface area contributed by atoms with Crippen molar-refractivity contribution in [2.45, 2.75) is 171 Å². The number of nitrogens with zero attached hydrogens (tertiary/aromatic N) is 5. The van der Waals surface area contributed by atoms with Gasteiger partial charge in [-0.3, -0.25) is 23.7 Å². The second kappa shape index (κ2) is 47.2. The number of thiazole rings is 4. The number of aromatic nitrogens is 6. The maximum absolute atomic E-state index is 12.5. The van der Waals surface area contributed by atoms with E-state index in [9.17, 15) is 33.6 Å². The molecule has 0 spiro atoms. The number of methoxy groups -OCH3 is 4. The van der Waals surface area contributed by atoms with Gasteiger partial charge < -0.3 is 45.4 Å². The van der Waals surface area contributed by atoms with Gasteiger partial charge in [0, 0.05) is 52.6 Å². The largest absolute Gasteiger partial charge is 0.496 e. The Kier molecular flexibility index (Phi) is 45.6. The minimum absolute atomic E-state index is 0. The van der Waals surface area contributed by atoms with E-state index in [1.54, 1.807) is 89.0 Å². The van der Waals surface area contributed by atoms with Crippen LogP contribution in [-0.4, -0.2) is 103 Å². The normalized spacial score (nSPS) is 10.1. The SMILES string of the molecule is C.C.C.C.C.CC(=O)O.CC(=O)c1nc(C(C)C)cs1.COc1ccc(C(=O)O)c(C)c1C.COc1ccc(C(=O)O)c(CC(=O)c2nc(C(C)C)cs2)c1C.COc1ccc2c(=O)[nH]c(-c3nc(C(C)C)cs3)cc2c1C.COc1ccc2c(Cl)nc(-c3nc(C(C)C)cs3)cc2c1C.N.O=P(Cl)(Cl)Cl. The minimum Gasteiger partial charge on any atom is -0.496 e. The Bertz CT molecular complexity index is 4630. The molecule has 0 aliphatic carbocycles. The Morgan fingerprint density at radius 3 is 1.25 bits per heavy atom. The zero-order chi connectivity index (χ0) is 75.4. The van der Waals surface area contributed by atoms with Crippen molar-refractivity contribution in [2.75, 3.05) is 28.4 Å². The molecule has 21 nitrogen and oxygen atoms in total. The Morgan fingerprint density at radius 2 is 0.849 bits per heavy atom. The average molecular weight is 1640 g/mol. The molecule has 10 aromatic rings. The van der Waals surface area contributed by atoms with Crippen molar-refractivity contribution < 1.29 is 62.8 Å². The lowest BCUT2D eigenvalue weighted by atomic mass is 9.96. The van der Waals surface area contributed by atoms with E-state index in [-0.39, 0.29) is 78.3 Å². The van der Waals surface area contributed by atoms with Gasteiger partial charge in [-0.2, -0.15) is 0 Å². The summed E-state index contributed by atoms with van der Waals surface area (Å²) in [4.78, 5) is 92.1. The smallest absolute Gasteiger partial charge is 0.339 e. The number of hydrogen-bond donors (Lipinski definition) is 5. The van der Waals surface area contributed by atoms with E-state index in [1.807, 2.05) is 81.1 Å². The summed E-state index contributed by atoms with van der Waals surface area (Å²) in [5.74, 6) is 1.46. The summed E-state index contributed by atoms with van der Waals surface area (Å²) < 4.78 is 30.6. The zero-order valence-corrected chi connectivity index (χ0v) is 66.7. The van der Waals surface area contributed by atoms with E-state index in [0.717, 1.165) is 107 Å². The minimum atomic E-state index is -3.22. The van der Waals surface area contributed by atoms with Gasteiger partial charge in [-0.1, -0.05) is 104 Å². The molecule has 0 amide bonds. The molecule has 0 aliphatic rings. The highest BCUT2D eigenvalue weighted by molar-refractivity contribution is 8.24. The van der Waals surface area contributed by atoms with E-state index in [2.05, 4.69) is 111 Å². The third-order valence-electron chi connectivity index (χ3n) is 14.8. The van der Waals surface area contributed by atoms with Crippen LogP contribution < -0.4 is 30.7 Å². The van der Waals surface area contributed by atoms with Gasteiger partial charge in [0.2, 0.25) is 0 Å². The molecule has 0 fully saturated rings. The lowest BCUT2D eigenvalue weighted by molar-refractivity contribution is -0.134. The van der Waals surface area contributed by atoms with Crippen molar-refractivity contribution in [1.29, 1.82) is 0 Å². The van der Waals surface area contributed by atoms with Gasteiger partial charge in [-0.15, -0.1) is 45.3 Å². The van der Waals surface area contributed by atoms with Crippen LogP contribution in [0.25, 0.3) is 42.9 Å². The first-order chi connectivity index (χ1) is 46.8. The second-order valence-electron chi connectivity index (χ2n) is 23.2. The molecule has 0 saturated heterocycles. The van der Waals surface area contributed by atoms with E-state index in [0.29, 0.717) is 60.7 Å². The molecule has 6 aromatic heterocycles. The van der Waals surface area contributed by atoms with E-state index >= 15 is 0 Å². The van der Waals surface area contributed by atoms with Gasteiger partial charge in [0.15, 0.2) is 21.6 Å². The van der Waals surface area contributed by atoms with Crippen LogP contribution in [0.5, 0.6) is 23.0 Å². The number of H-pyrrole nitrogens is 1. The molecule has 0 aliphatic heterocycles. The number of carbonyl (C=O) groups is 5. The van der Waals surface area contributed by atoms with Gasteiger partial charge in [-0.25, -0.2) is 34.5 Å². The molecule has 0 unspecified atom stereocenters. The van der Waals surface area contributed by atoms with E-state index < -0.39 is 23.1 Å². The number of nitrogens with one attached hydrogen (secondary N) is 1. The van der Waals surface area contributed by atoms with Gasteiger partial charge in [-0.05, 0) is 197 Å². The summed E-state index contributed by atoms with van der Waals surface area (Å²) in [5, 5.41) is 37.1. The lowest BCUT2D eigenvalue weighted by Gasteiger charge is -2.12. The highest BCUT2D eigenvalue weighted by atomic mass is 36.0. The molecule has 30 heteroatoms. The lowest BCUT2D eigenvalue weighted by Crippen LogP contribution is -2.11. The number of pyridine rings is 2. The molecule has 7 N–H and O–H groups in total. The fourth-order valence-electron chi connectivity index (χ4n) is 9.14. The van der Waals surface area contributed by atoms with Gasteiger partial charge in [0.25, 0.3) is 11.5 Å². The number of aromatic carboxylic acids is 2. The predicted octanol–water partition coefficient (Wildman–Crippen LogP) is 24.0. The van der Waals surface area contributed by atoms with Gasteiger partial charge in [0.05, 0.1) is 68.0 Å². The highest BCUT2D eigenvalue weighted by Crippen LogP contribution is 2.61. The Balaban J connectivity index is -0.00000122. The Labute approximate surface area is 659 Å². The van der Waals surface area contributed by atoms with Crippen LogP contribution in [0.4, 0.5) is 0 Å². The number of carboxylic acids is 3. The Morgan fingerprint density at radius 1 is 0.491 bits per heavy atom. The number of carboxylic acid groups (broad SMARTS) is 3. The quantitative estimate of drug-likeness (QED) is 0.0341. The molecular weight excluding hydrogens is 1540 g/mol. The van der Waals surface area contributed by atoms with Crippen molar-refractivity contribution in [3.63, 3.8) is 0 Å². The number of aromatic amines is 1. The number of carbonyl (C=O) groups excluding carboxylic acids is 2. The number of aryl methyl sites for hydroxylation is 2. The summed E-state index contributed by atoms with van der Waals surface area (Å²) >= 11 is 26.1. The third-order valence-corrected chi connectivity index (χ3v) is 18.8. The predicted molar refractivity (Wildman–Crippen MR) is 446 cm³/mol. The Hall–Kier alpha value is -7.68. The fourth-order valence-corrected chi connectivity index (χ4v) is 13.1. The first-order valence-electron chi connectivity index (χ1n) is 30.7. The van der Waals surface area contributed by atoms with Crippen molar-refractivity contribution >= 4 is 147 Å². The highest BCUT2D eigenvalue weighted by Gasteiger charge is 2.22. The molecular formula is C76H104Cl4N7O14PS4. The fraction of sp³-hybridized carbons (Fsp3) is 0.382. The van der Waals surface area contributed by atoms with Crippen molar-refractivity contribution in [3.8, 4) is 44.4 Å². The monoisotopic (exact) mass is 1640 g/mol. The molecule has 6 heterocycles. The number of aliphatic carboxylic acids is 1. The van der Waals surface area contributed by atoms with Crippen molar-refractivity contribution in [3.05, 3.63) is 175 Å². The summed E-state index contributed by atoms with van der Waals surface area (Å²) in [5.41, 5.74) is 10.7. The van der Waals surface area contributed by atoms with E-state index in [4.69, 9.17) is 45.6 Å². The summed E-state index contributed by atoms with van der Waals surface area (Å²) in [6.45, 7) is 28.7. The third kappa shape index (κ3) is 29.5. The summed E-state index contributed by atoms with van der Waals surface area (Å²) in [7, 11) is 6.40. The van der Waals surface area contributed by atoms with Gasteiger partial charge >= 0.3 is 17.1 Å².